The van der Waals surface area contributed by atoms with Gasteiger partial charge in [-0.05, 0) is 50.5 Å². The predicted molar refractivity (Wildman–Crippen MR) is 94.9 cm³/mol. The van der Waals surface area contributed by atoms with Crippen LogP contribution < -0.4 is 0 Å². The number of esters is 2. The molecule has 1 aromatic carbocycles. The fourth-order valence-corrected chi connectivity index (χ4v) is 4.58. The number of hydrogen-bond acceptors (Lipinski definition) is 4. The van der Waals surface area contributed by atoms with Crippen molar-refractivity contribution in [2.24, 2.45) is 17.3 Å². The molecule has 2 aliphatic rings. The number of carbonyl (C=O) groups excluding carboxylic acids is 2. The topological polar surface area (TPSA) is 52.6 Å². The van der Waals surface area contributed by atoms with Crippen molar-refractivity contribution < 1.29 is 19.1 Å². The summed E-state index contributed by atoms with van der Waals surface area (Å²) in [6.45, 7) is 4.07. The Labute approximate surface area is 149 Å². The molecule has 0 aromatic heterocycles. The molecule has 0 saturated heterocycles. The zero-order chi connectivity index (χ0) is 17.9. The van der Waals surface area contributed by atoms with Crippen LogP contribution in [0.25, 0.3) is 0 Å². The fourth-order valence-electron chi connectivity index (χ4n) is 4.58. The third-order valence-corrected chi connectivity index (χ3v) is 5.61. The van der Waals surface area contributed by atoms with Crippen molar-refractivity contribution >= 4 is 11.9 Å². The molecule has 0 bridgehead atoms. The lowest BCUT2D eigenvalue weighted by Crippen LogP contribution is -2.45. The van der Waals surface area contributed by atoms with Crippen molar-refractivity contribution in [1.29, 1.82) is 0 Å². The molecule has 2 aliphatic carbocycles. The quantitative estimate of drug-likeness (QED) is 0.463. The lowest BCUT2D eigenvalue weighted by atomic mass is 9.72. The third kappa shape index (κ3) is 2.99. The Morgan fingerprint density at radius 3 is 2.32 bits per heavy atom. The summed E-state index contributed by atoms with van der Waals surface area (Å²) in [5.41, 5.74) is -0.0445. The van der Waals surface area contributed by atoms with Gasteiger partial charge in [-0.1, -0.05) is 42.5 Å². The SMILES string of the molecule is CCOC(=O)C1(C(=O)OCC)C[C@@H](c2ccccc2)[C@H]2CCC=C[C@H]21. The molecule has 1 saturated carbocycles. The van der Waals surface area contributed by atoms with E-state index in [1.807, 2.05) is 24.3 Å². The first kappa shape index (κ1) is 17.7. The average Bonchev–Trinajstić information content (AvgIpc) is 2.99. The number of ether oxygens (including phenoxy) is 2. The van der Waals surface area contributed by atoms with Gasteiger partial charge in [0.1, 0.15) is 0 Å². The van der Waals surface area contributed by atoms with E-state index < -0.39 is 17.4 Å². The van der Waals surface area contributed by atoms with Crippen LogP contribution in [0.2, 0.25) is 0 Å². The van der Waals surface area contributed by atoms with Crippen molar-refractivity contribution in [2.75, 3.05) is 13.2 Å². The first-order chi connectivity index (χ1) is 12.1. The standard InChI is InChI=1S/C21H26O4/c1-3-24-19(22)21(20(23)25-4-2)14-17(15-10-6-5-7-11-15)16-12-8-9-13-18(16)21/h5-7,9-11,13,16-18H,3-4,8,12,14H2,1-2H3/t16-,17+,18-/m1/s1. The van der Waals surface area contributed by atoms with E-state index in [1.165, 1.54) is 5.56 Å². The summed E-state index contributed by atoms with van der Waals surface area (Å²) in [4.78, 5) is 25.9. The van der Waals surface area contributed by atoms with Crippen molar-refractivity contribution in [3.05, 3.63) is 48.0 Å². The molecule has 0 radical (unpaired) electrons. The van der Waals surface area contributed by atoms with Crippen LogP contribution in [0.5, 0.6) is 0 Å². The highest BCUT2D eigenvalue weighted by Crippen LogP contribution is 2.59. The molecule has 0 N–H and O–H groups in total. The normalized spacial score (nSPS) is 26.7. The Balaban J connectivity index is 2.06. The summed E-state index contributed by atoms with van der Waals surface area (Å²) >= 11 is 0. The van der Waals surface area contributed by atoms with Crippen LogP contribution in [0.15, 0.2) is 42.5 Å². The van der Waals surface area contributed by atoms with E-state index in [0.29, 0.717) is 6.42 Å². The molecule has 0 spiro atoms. The van der Waals surface area contributed by atoms with Gasteiger partial charge in [-0.15, -0.1) is 0 Å². The highest BCUT2D eigenvalue weighted by molar-refractivity contribution is 6.01. The molecule has 25 heavy (non-hydrogen) atoms. The second-order valence-corrected chi connectivity index (χ2v) is 6.83. The van der Waals surface area contributed by atoms with E-state index in [1.54, 1.807) is 13.8 Å². The minimum Gasteiger partial charge on any atom is -0.465 e. The minimum atomic E-state index is -1.23. The number of carbonyl (C=O) groups is 2. The van der Waals surface area contributed by atoms with Crippen molar-refractivity contribution in [2.45, 2.75) is 39.0 Å². The first-order valence-corrected chi connectivity index (χ1v) is 9.21. The summed E-state index contributed by atoms with van der Waals surface area (Å²) in [6, 6.07) is 10.2. The Morgan fingerprint density at radius 2 is 1.72 bits per heavy atom. The highest BCUT2D eigenvalue weighted by atomic mass is 16.6. The molecular weight excluding hydrogens is 316 g/mol. The maximum atomic E-state index is 13.0. The van der Waals surface area contributed by atoms with Crippen LogP contribution in [-0.2, 0) is 19.1 Å². The molecule has 134 valence electrons. The zero-order valence-corrected chi connectivity index (χ0v) is 14.9. The van der Waals surface area contributed by atoms with E-state index in [0.717, 1.165) is 12.8 Å². The molecule has 0 heterocycles. The van der Waals surface area contributed by atoms with Crippen molar-refractivity contribution in [3.8, 4) is 0 Å². The second-order valence-electron chi connectivity index (χ2n) is 6.83. The van der Waals surface area contributed by atoms with Gasteiger partial charge in [0, 0.05) is 5.92 Å². The summed E-state index contributed by atoms with van der Waals surface area (Å²) in [5, 5.41) is 0. The van der Waals surface area contributed by atoms with Gasteiger partial charge in [0.05, 0.1) is 13.2 Å². The van der Waals surface area contributed by atoms with Gasteiger partial charge in [-0.25, -0.2) is 0 Å². The van der Waals surface area contributed by atoms with Gasteiger partial charge in [0.15, 0.2) is 5.41 Å². The van der Waals surface area contributed by atoms with Crippen LogP contribution >= 0.6 is 0 Å². The number of allylic oxidation sites excluding steroid dienone is 2. The third-order valence-electron chi connectivity index (χ3n) is 5.61. The summed E-state index contributed by atoms with van der Waals surface area (Å²) in [5.74, 6) is -0.627. The van der Waals surface area contributed by atoms with Gasteiger partial charge >= 0.3 is 11.9 Å². The zero-order valence-electron chi connectivity index (χ0n) is 14.9. The maximum Gasteiger partial charge on any atom is 0.324 e. The van der Waals surface area contributed by atoms with E-state index >= 15 is 0 Å². The molecule has 1 aromatic rings. The largest absolute Gasteiger partial charge is 0.465 e. The van der Waals surface area contributed by atoms with Gasteiger partial charge in [0.2, 0.25) is 0 Å². The number of benzene rings is 1. The molecule has 4 nitrogen and oxygen atoms in total. The molecule has 4 heteroatoms. The summed E-state index contributed by atoms with van der Waals surface area (Å²) < 4.78 is 10.7. The van der Waals surface area contributed by atoms with Crippen LogP contribution in [0.1, 0.15) is 44.6 Å². The molecule has 0 amide bonds. The molecule has 3 rings (SSSR count). The number of rotatable bonds is 5. The smallest absolute Gasteiger partial charge is 0.324 e. The maximum absolute atomic E-state index is 13.0. The van der Waals surface area contributed by atoms with E-state index in [-0.39, 0.29) is 31.0 Å². The van der Waals surface area contributed by atoms with E-state index in [2.05, 4.69) is 18.2 Å². The average molecular weight is 342 g/mol. The number of fused-ring (bicyclic) bond motifs is 1. The lowest BCUT2D eigenvalue weighted by molar-refractivity contribution is -0.174. The minimum absolute atomic E-state index is 0.157. The fraction of sp³-hybridized carbons (Fsp3) is 0.524. The van der Waals surface area contributed by atoms with Crippen LogP contribution in [0, 0.1) is 17.3 Å². The molecule has 1 fully saturated rings. The van der Waals surface area contributed by atoms with Crippen LogP contribution in [-0.4, -0.2) is 25.2 Å². The Hall–Kier alpha value is -2.10. The first-order valence-electron chi connectivity index (χ1n) is 9.21. The predicted octanol–water partition coefficient (Wildman–Crippen LogP) is 3.87. The van der Waals surface area contributed by atoms with Crippen LogP contribution in [0.3, 0.4) is 0 Å². The van der Waals surface area contributed by atoms with Gasteiger partial charge in [-0.3, -0.25) is 9.59 Å². The van der Waals surface area contributed by atoms with E-state index in [9.17, 15) is 9.59 Å². The molecule has 3 atom stereocenters. The Bertz CT molecular complexity index is 631. The Kier molecular flexibility index (Phi) is 5.26. The van der Waals surface area contributed by atoms with Gasteiger partial charge < -0.3 is 9.47 Å². The molecule has 0 aliphatic heterocycles. The number of hydrogen-bond donors (Lipinski definition) is 0. The Morgan fingerprint density at radius 1 is 1.08 bits per heavy atom. The van der Waals surface area contributed by atoms with Crippen molar-refractivity contribution in [3.63, 3.8) is 0 Å². The highest BCUT2D eigenvalue weighted by Gasteiger charge is 2.63. The summed E-state index contributed by atoms with van der Waals surface area (Å²) in [7, 11) is 0. The molecular formula is C21H26O4. The summed E-state index contributed by atoms with van der Waals surface area (Å²) in [6.07, 6.45) is 6.54. The molecule has 0 unspecified atom stereocenters. The second kappa shape index (κ2) is 7.42. The lowest BCUT2D eigenvalue weighted by Gasteiger charge is -2.33. The van der Waals surface area contributed by atoms with Crippen LogP contribution in [0.4, 0.5) is 0 Å². The van der Waals surface area contributed by atoms with Gasteiger partial charge in [0.25, 0.3) is 0 Å². The van der Waals surface area contributed by atoms with Crippen molar-refractivity contribution in [1.82, 2.24) is 0 Å². The van der Waals surface area contributed by atoms with Gasteiger partial charge in [-0.2, -0.15) is 0 Å². The van der Waals surface area contributed by atoms with E-state index in [4.69, 9.17) is 9.47 Å². The monoisotopic (exact) mass is 342 g/mol.